The average Bonchev–Trinajstić information content (AvgIpc) is 3.45. The van der Waals surface area contributed by atoms with Gasteiger partial charge in [0.05, 0.1) is 5.41 Å². The number of aromatic nitrogens is 1. The molecule has 2 aromatic rings. The number of nitrogens with zero attached hydrogens (tertiary/aromatic N) is 2. The maximum Gasteiger partial charge on any atom is 0.228 e. The highest BCUT2D eigenvalue weighted by Crippen LogP contribution is 2.37. The largest absolute Gasteiger partial charge is 0.353 e. The molecule has 158 valence electrons. The first-order valence-electron chi connectivity index (χ1n) is 11.0. The van der Waals surface area contributed by atoms with Crippen LogP contribution in [0, 0.1) is 11.3 Å². The Hall–Kier alpha value is -2.69. The Labute approximate surface area is 178 Å². The maximum absolute atomic E-state index is 13.2. The standard InChI is InChI=1S/C25H31N3O2/c1-18(2)15-23(29)28-14-11-25(17-28,24(30)27-22-7-8-22)16-19-3-5-20(6-4-19)21-9-12-26-13-10-21/h3-6,9-10,12-13,18,22H,7-8,11,14-17H2,1-2H3,(H,27,30)/t25-/m0/s1. The lowest BCUT2D eigenvalue weighted by Gasteiger charge is -2.29. The minimum absolute atomic E-state index is 0.114. The van der Waals surface area contributed by atoms with Gasteiger partial charge in [0.25, 0.3) is 0 Å². The third kappa shape index (κ3) is 4.72. The van der Waals surface area contributed by atoms with Gasteiger partial charge in [-0.1, -0.05) is 38.1 Å². The second-order valence-corrected chi connectivity index (χ2v) is 9.30. The first-order chi connectivity index (χ1) is 14.4. The van der Waals surface area contributed by atoms with Crippen molar-refractivity contribution in [2.45, 2.75) is 52.0 Å². The smallest absolute Gasteiger partial charge is 0.228 e. The van der Waals surface area contributed by atoms with Crippen molar-refractivity contribution in [2.24, 2.45) is 11.3 Å². The van der Waals surface area contributed by atoms with Gasteiger partial charge in [0.1, 0.15) is 0 Å². The van der Waals surface area contributed by atoms with E-state index in [4.69, 9.17) is 0 Å². The van der Waals surface area contributed by atoms with E-state index in [1.807, 2.05) is 17.0 Å². The summed E-state index contributed by atoms with van der Waals surface area (Å²) in [5, 5.41) is 3.21. The van der Waals surface area contributed by atoms with Crippen molar-refractivity contribution in [1.82, 2.24) is 15.2 Å². The van der Waals surface area contributed by atoms with Crippen molar-refractivity contribution in [2.75, 3.05) is 13.1 Å². The highest BCUT2D eigenvalue weighted by molar-refractivity contribution is 5.86. The molecule has 0 spiro atoms. The van der Waals surface area contributed by atoms with Crippen LogP contribution in [-0.2, 0) is 16.0 Å². The zero-order valence-corrected chi connectivity index (χ0v) is 17.9. The van der Waals surface area contributed by atoms with Gasteiger partial charge in [-0.15, -0.1) is 0 Å². The molecule has 5 heteroatoms. The molecule has 5 nitrogen and oxygen atoms in total. The van der Waals surface area contributed by atoms with Crippen LogP contribution in [0.1, 0.15) is 45.1 Å². The van der Waals surface area contributed by atoms with Crippen LogP contribution >= 0.6 is 0 Å². The number of hydrogen-bond donors (Lipinski definition) is 1. The van der Waals surface area contributed by atoms with Crippen LogP contribution in [0.15, 0.2) is 48.8 Å². The second-order valence-electron chi connectivity index (χ2n) is 9.30. The molecular weight excluding hydrogens is 374 g/mol. The van der Waals surface area contributed by atoms with Gasteiger partial charge in [-0.05, 0) is 60.4 Å². The molecule has 1 aliphatic carbocycles. The zero-order chi connectivity index (χ0) is 21.1. The molecule has 1 aromatic heterocycles. The number of carbonyl (C=O) groups is 2. The Morgan fingerprint density at radius 1 is 1.10 bits per heavy atom. The third-order valence-electron chi connectivity index (χ3n) is 6.19. The maximum atomic E-state index is 13.2. The van der Waals surface area contributed by atoms with Gasteiger partial charge in [0, 0.05) is 37.9 Å². The van der Waals surface area contributed by atoms with Crippen molar-refractivity contribution >= 4 is 11.8 Å². The van der Waals surface area contributed by atoms with Crippen molar-refractivity contribution in [1.29, 1.82) is 0 Å². The second kappa shape index (κ2) is 8.58. The number of rotatable bonds is 7. The number of carbonyl (C=O) groups excluding carboxylic acids is 2. The molecule has 30 heavy (non-hydrogen) atoms. The van der Waals surface area contributed by atoms with Crippen molar-refractivity contribution in [3.05, 3.63) is 54.4 Å². The molecule has 0 unspecified atom stereocenters. The van der Waals surface area contributed by atoms with E-state index in [-0.39, 0.29) is 11.8 Å². The first-order valence-corrected chi connectivity index (χ1v) is 11.0. The van der Waals surface area contributed by atoms with Gasteiger partial charge in [-0.2, -0.15) is 0 Å². The Balaban J connectivity index is 1.52. The van der Waals surface area contributed by atoms with E-state index >= 15 is 0 Å². The lowest BCUT2D eigenvalue weighted by molar-refractivity contribution is -0.133. The molecule has 2 aliphatic rings. The van der Waals surface area contributed by atoms with Crippen LogP contribution in [-0.4, -0.2) is 40.8 Å². The third-order valence-corrected chi connectivity index (χ3v) is 6.19. The monoisotopic (exact) mass is 405 g/mol. The van der Waals surface area contributed by atoms with E-state index in [1.54, 1.807) is 12.4 Å². The van der Waals surface area contributed by atoms with Crippen LogP contribution in [0.2, 0.25) is 0 Å². The summed E-state index contributed by atoms with van der Waals surface area (Å²) >= 11 is 0. The van der Waals surface area contributed by atoms with Crippen LogP contribution in [0.4, 0.5) is 0 Å². The van der Waals surface area contributed by atoms with Crippen LogP contribution < -0.4 is 5.32 Å². The molecule has 1 saturated heterocycles. The summed E-state index contributed by atoms with van der Waals surface area (Å²) in [6.07, 6.45) is 7.65. The van der Waals surface area contributed by atoms with Gasteiger partial charge in [-0.25, -0.2) is 0 Å². The summed E-state index contributed by atoms with van der Waals surface area (Å²) in [7, 11) is 0. The molecule has 2 amide bonds. The lowest BCUT2D eigenvalue weighted by Crippen LogP contribution is -2.46. The summed E-state index contributed by atoms with van der Waals surface area (Å²) in [4.78, 5) is 31.9. The summed E-state index contributed by atoms with van der Waals surface area (Å²) in [6.45, 7) is 5.30. The van der Waals surface area contributed by atoms with Crippen LogP contribution in [0.5, 0.6) is 0 Å². The van der Waals surface area contributed by atoms with Gasteiger partial charge < -0.3 is 10.2 Å². The summed E-state index contributed by atoms with van der Waals surface area (Å²) in [5.74, 6) is 0.607. The zero-order valence-electron chi connectivity index (χ0n) is 17.9. The fourth-order valence-corrected chi connectivity index (χ4v) is 4.29. The van der Waals surface area contributed by atoms with E-state index in [1.165, 1.54) is 0 Å². The topological polar surface area (TPSA) is 62.3 Å². The van der Waals surface area contributed by atoms with Crippen LogP contribution in [0.3, 0.4) is 0 Å². The van der Waals surface area contributed by atoms with E-state index in [0.717, 1.165) is 36.0 Å². The Morgan fingerprint density at radius 2 is 1.77 bits per heavy atom. The predicted molar refractivity (Wildman–Crippen MR) is 118 cm³/mol. The number of hydrogen-bond acceptors (Lipinski definition) is 3. The molecule has 2 heterocycles. The number of pyridine rings is 1. The van der Waals surface area contributed by atoms with Crippen molar-refractivity contribution in [3.8, 4) is 11.1 Å². The summed E-state index contributed by atoms with van der Waals surface area (Å²) in [5.41, 5.74) is 2.87. The quantitative estimate of drug-likeness (QED) is 0.761. The van der Waals surface area contributed by atoms with E-state index in [2.05, 4.69) is 48.4 Å². The van der Waals surface area contributed by atoms with Gasteiger partial charge in [-0.3, -0.25) is 14.6 Å². The number of amides is 2. The highest BCUT2D eigenvalue weighted by atomic mass is 16.2. The normalized spacial score (nSPS) is 21.1. The fourth-order valence-electron chi connectivity index (χ4n) is 4.29. The number of likely N-dealkylation sites (tertiary alicyclic amines) is 1. The average molecular weight is 406 g/mol. The first kappa shape index (κ1) is 20.6. The van der Waals surface area contributed by atoms with Crippen LogP contribution in [0.25, 0.3) is 11.1 Å². The van der Waals surface area contributed by atoms with E-state index < -0.39 is 5.41 Å². The van der Waals surface area contributed by atoms with Crippen molar-refractivity contribution in [3.63, 3.8) is 0 Å². The predicted octanol–water partition coefficient (Wildman–Crippen LogP) is 3.83. The molecule has 1 aromatic carbocycles. The molecule has 1 atom stereocenters. The molecule has 0 radical (unpaired) electrons. The molecule has 1 saturated carbocycles. The SMILES string of the molecule is CC(C)CC(=O)N1CC[C@@](Cc2ccc(-c3ccncc3)cc2)(C(=O)NC2CC2)C1. The van der Waals surface area contributed by atoms with Gasteiger partial charge in [0.2, 0.25) is 11.8 Å². The summed E-state index contributed by atoms with van der Waals surface area (Å²) < 4.78 is 0. The molecule has 1 aliphatic heterocycles. The summed E-state index contributed by atoms with van der Waals surface area (Å²) in [6, 6.07) is 12.7. The Kier molecular flexibility index (Phi) is 5.89. The molecule has 4 rings (SSSR count). The fraction of sp³-hybridized carbons (Fsp3) is 0.480. The highest BCUT2D eigenvalue weighted by Gasteiger charge is 2.47. The molecular formula is C25H31N3O2. The van der Waals surface area contributed by atoms with Gasteiger partial charge in [0.15, 0.2) is 0 Å². The molecule has 0 bridgehead atoms. The van der Waals surface area contributed by atoms with Crippen molar-refractivity contribution < 1.29 is 9.59 Å². The number of nitrogens with one attached hydrogen (secondary N) is 1. The number of benzene rings is 1. The van der Waals surface area contributed by atoms with Gasteiger partial charge >= 0.3 is 0 Å². The van der Waals surface area contributed by atoms with E-state index in [0.29, 0.717) is 37.9 Å². The molecule has 1 N–H and O–H groups in total. The Bertz CT molecular complexity index is 890. The minimum Gasteiger partial charge on any atom is -0.353 e. The molecule has 2 fully saturated rings. The Morgan fingerprint density at radius 3 is 2.40 bits per heavy atom. The lowest BCUT2D eigenvalue weighted by atomic mass is 9.79. The minimum atomic E-state index is -0.534. The van der Waals surface area contributed by atoms with E-state index in [9.17, 15) is 9.59 Å².